The van der Waals surface area contributed by atoms with Gasteiger partial charge in [0.1, 0.15) is 5.82 Å². The molecular weight excluding hydrogens is 466 g/mol. The van der Waals surface area contributed by atoms with Gasteiger partial charge in [0.25, 0.3) is 0 Å². The summed E-state index contributed by atoms with van der Waals surface area (Å²) in [5, 5.41) is 3.59. The van der Waals surface area contributed by atoms with Crippen LogP contribution in [-0.2, 0) is 9.53 Å². The van der Waals surface area contributed by atoms with Crippen molar-refractivity contribution in [3.8, 4) is 0 Å². The summed E-state index contributed by atoms with van der Waals surface area (Å²) in [6, 6.07) is -0.0348. The lowest BCUT2D eigenvalue weighted by Gasteiger charge is -2.56. The highest BCUT2D eigenvalue weighted by Gasteiger charge is 2.52. The summed E-state index contributed by atoms with van der Waals surface area (Å²) in [7, 11) is 0. The van der Waals surface area contributed by atoms with Crippen LogP contribution in [0.2, 0.25) is 0 Å². The van der Waals surface area contributed by atoms with E-state index in [1.54, 1.807) is 0 Å². The maximum absolute atomic E-state index is 14.3. The molecule has 2 bridgehead atoms. The SMILES string of the molecule is CCOC(=O)C[C@H](C)C12CCC(NC(=O)N3CCC(c4ncc(F)c5[nH]cc(F)c45)CC3)(CC1)CC2. The van der Waals surface area contributed by atoms with Gasteiger partial charge in [-0.05, 0) is 69.6 Å². The van der Waals surface area contributed by atoms with E-state index in [0.29, 0.717) is 44.7 Å². The van der Waals surface area contributed by atoms with Crippen molar-refractivity contribution < 1.29 is 23.1 Å². The van der Waals surface area contributed by atoms with Crippen LogP contribution in [0.1, 0.15) is 83.2 Å². The minimum atomic E-state index is -0.562. The van der Waals surface area contributed by atoms with E-state index in [4.69, 9.17) is 4.74 Å². The van der Waals surface area contributed by atoms with Gasteiger partial charge in [0, 0.05) is 37.2 Å². The molecule has 9 heteroatoms. The monoisotopic (exact) mass is 502 g/mol. The van der Waals surface area contributed by atoms with Crippen LogP contribution in [0.5, 0.6) is 0 Å². The zero-order valence-corrected chi connectivity index (χ0v) is 21.2. The molecule has 1 aliphatic heterocycles. The molecule has 3 heterocycles. The predicted molar refractivity (Wildman–Crippen MR) is 131 cm³/mol. The molecule has 2 aromatic heterocycles. The first kappa shape index (κ1) is 25.0. The number of aromatic amines is 1. The lowest BCUT2D eigenvalue weighted by atomic mass is 9.53. The second-order valence-corrected chi connectivity index (χ2v) is 11.1. The van der Waals surface area contributed by atoms with Crippen LogP contribution in [0.25, 0.3) is 10.9 Å². The van der Waals surface area contributed by atoms with Gasteiger partial charge in [0.15, 0.2) is 5.82 Å². The van der Waals surface area contributed by atoms with Crippen molar-refractivity contribution in [1.29, 1.82) is 0 Å². The summed E-state index contributed by atoms with van der Waals surface area (Å²) in [5.74, 6) is -0.914. The zero-order chi connectivity index (χ0) is 25.5. The molecule has 4 fully saturated rings. The van der Waals surface area contributed by atoms with Crippen molar-refractivity contribution in [2.24, 2.45) is 11.3 Å². The summed E-state index contributed by atoms with van der Waals surface area (Å²) in [6.45, 7) is 5.53. The van der Waals surface area contributed by atoms with Crippen molar-refractivity contribution in [3.63, 3.8) is 0 Å². The van der Waals surface area contributed by atoms with Gasteiger partial charge in [0.05, 0.1) is 29.4 Å². The number of rotatable bonds is 6. The predicted octanol–water partition coefficient (Wildman–Crippen LogP) is 5.41. The molecule has 1 atom stereocenters. The summed E-state index contributed by atoms with van der Waals surface area (Å²) < 4.78 is 33.5. The maximum Gasteiger partial charge on any atom is 0.317 e. The van der Waals surface area contributed by atoms with Gasteiger partial charge in [-0.3, -0.25) is 9.78 Å². The fourth-order valence-electron chi connectivity index (χ4n) is 6.89. The molecule has 36 heavy (non-hydrogen) atoms. The van der Waals surface area contributed by atoms with Gasteiger partial charge >= 0.3 is 12.0 Å². The summed E-state index contributed by atoms with van der Waals surface area (Å²) in [4.78, 5) is 34.0. The van der Waals surface area contributed by atoms with Crippen LogP contribution >= 0.6 is 0 Å². The third-order valence-electron chi connectivity index (χ3n) is 9.31. The molecule has 3 saturated carbocycles. The second kappa shape index (κ2) is 9.63. The van der Waals surface area contributed by atoms with E-state index >= 15 is 0 Å². The van der Waals surface area contributed by atoms with Gasteiger partial charge in [-0.25, -0.2) is 13.6 Å². The third-order valence-corrected chi connectivity index (χ3v) is 9.31. The number of nitrogens with zero attached hydrogens (tertiary/aromatic N) is 2. The largest absolute Gasteiger partial charge is 0.466 e. The second-order valence-electron chi connectivity index (χ2n) is 11.1. The standard InChI is InChI=1S/C27H36F2N4O3/c1-3-36-21(34)14-17(2)26-6-9-27(10-7-26,11-8-26)32-25(35)33-12-4-18(5-13-33)23-22-19(28)15-31-24(22)20(29)16-30-23/h15-18,31H,3-14H2,1-2H3,(H,32,35)/t17-,26?,27?/m0/s1. The number of hydrogen-bond acceptors (Lipinski definition) is 4. The van der Waals surface area contributed by atoms with Crippen molar-refractivity contribution in [2.45, 2.75) is 83.1 Å². The Morgan fingerprint density at radius 2 is 1.83 bits per heavy atom. The summed E-state index contributed by atoms with van der Waals surface area (Å²) in [6.07, 6.45) is 9.96. The van der Waals surface area contributed by atoms with Crippen LogP contribution in [0.3, 0.4) is 0 Å². The maximum atomic E-state index is 14.3. The first-order valence-corrected chi connectivity index (χ1v) is 13.3. The van der Waals surface area contributed by atoms with Gasteiger partial charge in [-0.2, -0.15) is 0 Å². The number of piperidine rings is 1. The molecule has 0 unspecified atom stereocenters. The molecule has 0 radical (unpaired) electrons. The molecule has 2 amide bonds. The number of fused-ring (bicyclic) bond motifs is 4. The first-order valence-electron chi connectivity index (χ1n) is 13.3. The Bertz CT molecular complexity index is 1120. The molecule has 2 aromatic rings. The first-order chi connectivity index (χ1) is 17.3. The van der Waals surface area contributed by atoms with E-state index in [0.717, 1.165) is 44.7 Å². The van der Waals surface area contributed by atoms with E-state index in [1.807, 2.05) is 11.8 Å². The van der Waals surface area contributed by atoms with E-state index in [-0.39, 0.29) is 45.7 Å². The van der Waals surface area contributed by atoms with Crippen LogP contribution in [0.4, 0.5) is 13.6 Å². The fraction of sp³-hybridized carbons (Fsp3) is 0.667. The lowest BCUT2D eigenvalue weighted by Crippen LogP contribution is -2.60. The number of nitrogens with one attached hydrogen (secondary N) is 2. The van der Waals surface area contributed by atoms with Crippen LogP contribution in [-0.4, -0.2) is 52.1 Å². The average molecular weight is 503 g/mol. The number of ether oxygens (including phenoxy) is 1. The average Bonchev–Trinajstić information content (AvgIpc) is 3.28. The molecular formula is C27H36F2N4O3. The third kappa shape index (κ3) is 4.45. The molecule has 7 nitrogen and oxygen atoms in total. The number of H-pyrrole nitrogens is 1. The number of carbonyl (C=O) groups is 2. The Morgan fingerprint density at radius 1 is 1.17 bits per heavy atom. The number of carbonyl (C=O) groups excluding carboxylic acids is 2. The number of urea groups is 1. The Hall–Kier alpha value is -2.71. The van der Waals surface area contributed by atoms with Crippen molar-refractivity contribution in [1.82, 2.24) is 20.2 Å². The van der Waals surface area contributed by atoms with E-state index in [1.165, 1.54) is 6.20 Å². The number of aromatic nitrogens is 2. The van der Waals surface area contributed by atoms with Crippen molar-refractivity contribution >= 4 is 22.9 Å². The molecule has 196 valence electrons. The quantitative estimate of drug-likeness (QED) is 0.517. The molecule has 0 spiro atoms. The highest BCUT2D eigenvalue weighted by Crippen LogP contribution is 2.56. The summed E-state index contributed by atoms with van der Waals surface area (Å²) in [5.41, 5.74) is 0.715. The molecule has 6 rings (SSSR count). The van der Waals surface area contributed by atoms with E-state index in [2.05, 4.69) is 22.2 Å². The number of pyridine rings is 1. The van der Waals surface area contributed by atoms with Crippen molar-refractivity contribution in [3.05, 3.63) is 29.7 Å². The topological polar surface area (TPSA) is 87.3 Å². The minimum absolute atomic E-state index is 0.0218. The normalized spacial score (nSPS) is 27.3. The van der Waals surface area contributed by atoms with Gasteiger partial charge in [-0.1, -0.05) is 6.92 Å². The number of amides is 2. The number of hydrogen-bond donors (Lipinski definition) is 2. The number of esters is 1. The Morgan fingerprint density at radius 3 is 2.47 bits per heavy atom. The molecule has 2 N–H and O–H groups in total. The Balaban J connectivity index is 1.16. The molecule has 0 aromatic carbocycles. The van der Waals surface area contributed by atoms with Gasteiger partial charge in [-0.15, -0.1) is 0 Å². The lowest BCUT2D eigenvalue weighted by molar-refractivity contribution is -0.146. The fourth-order valence-corrected chi connectivity index (χ4v) is 6.89. The molecule has 1 saturated heterocycles. The number of likely N-dealkylation sites (tertiary alicyclic amines) is 1. The van der Waals surface area contributed by atoms with E-state index < -0.39 is 11.6 Å². The van der Waals surface area contributed by atoms with Crippen molar-refractivity contribution in [2.75, 3.05) is 19.7 Å². The van der Waals surface area contributed by atoms with Crippen LogP contribution < -0.4 is 5.32 Å². The van der Waals surface area contributed by atoms with Crippen LogP contribution in [0.15, 0.2) is 12.4 Å². The highest BCUT2D eigenvalue weighted by molar-refractivity contribution is 5.83. The Labute approximate surface area is 210 Å². The summed E-state index contributed by atoms with van der Waals surface area (Å²) >= 11 is 0. The molecule has 4 aliphatic rings. The van der Waals surface area contributed by atoms with E-state index in [9.17, 15) is 18.4 Å². The van der Waals surface area contributed by atoms with Crippen LogP contribution in [0, 0.1) is 23.0 Å². The smallest absolute Gasteiger partial charge is 0.317 e. The molecule has 3 aliphatic carbocycles. The van der Waals surface area contributed by atoms with Gasteiger partial charge in [0.2, 0.25) is 0 Å². The van der Waals surface area contributed by atoms with Gasteiger partial charge < -0.3 is 19.9 Å². The Kier molecular flexibility index (Phi) is 6.68. The number of halogens is 2. The highest BCUT2D eigenvalue weighted by atomic mass is 19.1. The minimum Gasteiger partial charge on any atom is -0.466 e. The zero-order valence-electron chi connectivity index (χ0n) is 21.2.